The van der Waals surface area contributed by atoms with E-state index in [9.17, 15) is 4.79 Å². The number of carbonyl (C=O) groups excluding carboxylic acids is 1. The normalized spacial score (nSPS) is 17.8. The second-order valence-corrected chi connectivity index (χ2v) is 6.57. The SMILES string of the molecule is CC1CCN(c2ccc(C(=O)NCC3=CCNCC3)cn2)CC1.Cl.Cl. The zero-order chi connectivity index (χ0) is 16.1. The van der Waals surface area contributed by atoms with Crippen LogP contribution < -0.4 is 15.5 Å². The third-order valence-corrected chi connectivity index (χ3v) is 4.75. The van der Waals surface area contributed by atoms with Crippen LogP contribution in [0.5, 0.6) is 0 Å². The van der Waals surface area contributed by atoms with Crippen molar-refractivity contribution in [3.8, 4) is 0 Å². The maximum absolute atomic E-state index is 12.2. The monoisotopic (exact) mass is 386 g/mol. The van der Waals surface area contributed by atoms with Crippen LogP contribution in [0.2, 0.25) is 0 Å². The van der Waals surface area contributed by atoms with E-state index in [1.165, 1.54) is 18.4 Å². The van der Waals surface area contributed by atoms with Crippen LogP contribution in [0.4, 0.5) is 5.82 Å². The molecule has 0 spiro atoms. The molecule has 2 N–H and O–H groups in total. The Morgan fingerprint density at radius 2 is 2.08 bits per heavy atom. The fourth-order valence-corrected chi connectivity index (χ4v) is 3.07. The van der Waals surface area contributed by atoms with Crippen molar-refractivity contribution in [1.82, 2.24) is 15.6 Å². The summed E-state index contributed by atoms with van der Waals surface area (Å²) in [6.07, 6.45) is 7.29. The van der Waals surface area contributed by atoms with Crippen molar-refractivity contribution >= 4 is 36.5 Å². The van der Waals surface area contributed by atoms with Gasteiger partial charge in [0.1, 0.15) is 5.82 Å². The van der Waals surface area contributed by atoms with Gasteiger partial charge in [0, 0.05) is 32.4 Å². The van der Waals surface area contributed by atoms with E-state index in [2.05, 4.69) is 33.5 Å². The van der Waals surface area contributed by atoms with Crippen LogP contribution in [0, 0.1) is 5.92 Å². The quantitative estimate of drug-likeness (QED) is 0.781. The van der Waals surface area contributed by atoms with Crippen LogP contribution in [-0.2, 0) is 0 Å². The Morgan fingerprint density at radius 3 is 2.68 bits per heavy atom. The smallest absolute Gasteiger partial charge is 0.253 e. The molecule has 3 heterocycles. The van der Waals surface area contributed by atoms with Gasteiger partial charge in [0.25, 0.3) is 5.91 Å². The summed E-state index contributed by atoms with van der Waals surface area (Å²) in [6.45, 7) is 6.94. The van der Waals surface area contributed by atoms with Crippen LogP contribution in [0.3, 0.4) is 0 Å². The van der Waals surface area contributed by atoms with Crippen molar-refractivity contribution in [1.29, 1.82) is 0 Å². The first kappa shape index (κ1) is 21.7. The fraction of sp³-hybridized carbons (Fsp3) is 0.556. The molecule has 0 atom stereocenters. The minimum Gasteiger partial charge on any atom is -0.357 e. The topological polar surface area (TPSA) is 57.3 Å². The summed E-state index contributed by atoms with van der Waals surface area (Å²) in [5.41, 5.74) is 1.93. The van der Waals surface area contributed by atoms with Gasteiger partial charge in [-0.3, -0.25) is 4.79 Å². The van der Waals surface area contributed by atoms with Crippen LogP contribution in [0.25, 0.3) is 0 Å². The highest BCUT2D eigenvalue weighted by atomic mass is 35.5. The van der Waals surface area contributed by atoms with Gasteiger partial charge in [-0.2, -0.15) is 0 Å². The molecule has 25 heavy (non-hydrogen) atoms. The van der Waals surface area contributed by atoms with Crippen molar-refractivity contribution < 1.29 is 4.79 Å². The van der Waals surface area contributed by atoms with E-state index < -0.39 is 0 Å². The molecule has 0 aromatic carbocycles. The summed E-state index contributed by atoms with van der Waals surface area (Å²) in [4.78, 5) is 19.0. The zero-order valence-corrected chi connectivity index (χ0v) is 16.3. The molecule has 7 heteroatoms. The molecule has 2 aliphatic heterocycles. The standard InChI is InChI=1S/C18H26N4O.2ClH/c1-14-6-10-22(11-7-14)17-3-2-16(13-20-17)18(23)21-12-15-4-8-19-9-5-15;;/h2-4,13-14,19H,5-12H2,1H3,(H,21,23);2*1H. The van der Waals surface area contributed by atoms with Crippen LogP contribution in [0.1, 0.15) is 36.5 Å². The maximum atomic E-state index is 12.2. The van der Waals surface area contributed by atoms with Gasteiger partial charge in [0.15, 0.2) is 0 Å². The van der Waals surface area contributed by atoms with E-state index >= 15 is 0 Å². The molecule has 1 aromatic rings. The second-order valence-electron chi connectivity index (χ2n) is 6.57. The van der Waals surface area contributed by atoms with Crippen LogP contribution in [-0.4, -0.2) is 43.6 Å². The number of nitrogens with one attached hydrogen (secondary N) is 2. The van der Waals surface area contributed by atoms with Gasteiger partial charge in [0.2, 0.25) is 0 Å². The number of hydrogen-bond donors (Lipinski definition) is 2. The molecule has 1 amide bonds. The lowest BCUT2D eigenvalue weighted by atomic mass is 9.99. The average Bonchev–Trinajstić information content (AvgIpc) is 2.61. The lowest BCUT2D eigenvalue weighted by Gasteiger charge is -2.31. The molecular formula is C18H28Cl2N4O. The van der Waals surface area contributed by atoms with Gasteiger partial charge in [-0.1, -0.05) is 18.6 Å². The molecule has 140 valence electrons. The Kier molecular flexibility index (Phi) is 9.25. The molecule has 0 saturated carbocycles. The third kappa shape index (κ3) is 6.17. The molecule has 1 saturated heterocycles. The van der Waals surface area contributed by atoms with Crippen molar-refractivity contribution in [3.05, 3.63) is 35.5 Å². The first-order chi connectivity index (χ1) is 11.2. The Labute approximate surface area is 162 Å². The Hall–Kier alpha value is -1.30. The predicted molar refractivity (Wildman–Crippen MR) is 107 cm³/mol. The highest BCUT2D eigenvalue weighted by molar-refractivity contribution is 5.94. The van der Waals surface area contributed by atoms with Gasteiger partial charge in [0.05, 0.1) is 5.56 Å². The lowest BCUT2D eigenvalue weighted by Crippen LogP contribution is -2.33. The molecule has 0 radical (unpaired) electrons. The Balaban J connectivity index is 0.00000156. The van der Waals surface area contributed by atoms with Crippen molar-refractivity contribution in [2.24, 2.45) is 5.92 Å². The summed E-state index contributed by atoms with van der Waals surface area (Å²) in [5.74, 6) is 1.74. The highest BCUT2D eigenvalue weighted by Crippen LogP contribution is 2.21. The molecule has 0 unspecified atom stereocenters. The Bertz CT molecular complexity index is 569. The van der Waals surface area contributed by atoms with E-state index in [-0.39, 0.29) is 30.7 Å². The summed E-state index contributed by atoms with van der Waals surface area (Å²) in [5, 5.41) is 6.26. The van der Waals surface area contributed by atoms with Crippen LogP contribution >= 0.6 is 24.8 Å². The van der Waals surface area contributed by atoms with Gasteiger partial charge < -0.3 is 15.5 Å². The molecule has 1 aromatic heterocycles. The molecule has 1 fully saturated rings. The molecule has 0 bridgehead atoms. The molecule has 0 aliphatic carbocycles. The summed E-state index contributed by atoms with van der Waals surface area (Å²) >= 11 is 0. The zero-order valence-electron chi connectivity index (χ0n) is 14.7. The molecule has 5 nitrogen and oxygen atoms in total. The number of pyridine rings is 1. The molecular weight excluding hydrogens is 359 g/mol. The van der Waals surface area contributed by atoms with Gasteiger partial charge >= 0.3 is 0 Å². The molecule has 2 aliphatic rings. The average molecular weight is 387 g/mol. The summed E-state index contributed by atoms with van der Waals surface area (Å²) in [7, 11) is 0. The van der Waals surface area contributed by atoms with E-state index in [0.717, 1.165) is 44.3 Å². The number of aromatic nitrogens is 1. The lowest BCUT2D eigenvalue weighted by molar-refractivity contribution is 0.0956. The summed E-state index contributed by atoms with van der Waals surface area (Å²) in [6, 6.07) is 3.85. The minimum absolute atomic E-state index is 0. The fourth-order valence-electron chi connectivity index (χ4n) is 3.07. The number of halogens is 2. The Morgan fingerprint density at radius 1 is 1.32 bits per heavy atom. The number of nitrogens with zero attached hydrogens (tertiary/aromatic N) is 2. The highest BCUT2D eigenvalue weighted by Gasteiger charge is 2.17. The first-order valence-electron chi connectivity index (χ1n) is 8.60. The number of carbonyl (C=O) groups is 1. The third-order valence-electron chi connectivity index (χ3n) is 4.75. The number of piperidine rings is 1. The van der Waals surface area contributed by atoms with E-state index in [1.807, 2.05) is 12.1 Å². The largest absolute Gasteiger partial charge is 0.357 e. The van der Waals surface area contributed by atoms with Crippen molar-refractivity contribution in [2.75, 3.05) is 37.6 Å². The minimum atomic E-state index is -0.0456. The number of hydrogen-bond acceptors (Lipinski definition) is 4. The van der Waals surface area contributed by atoms with Crippen molar-refractivity contribution in [2.45, 2.75) is 26.2 Å². The predicted octanol–water partition coefficient (Wildman–Crippen LogP) is 2.81. The van der Waals surface area contributed by atoms with Gasteiger partial charge in [-0.05, 0) is 43.9 Å². The summed E-state index contributed by atoms with van der Waals surface area (Å²) < 4.78 is 0. The van der Waals surface area contributed by atoms with Crippen molar-refractivity contribution in [3.63, 3.8) is 0 Å². The van der Waals surface area contributed by atoms with E-state index in [1.54, 1.807) is 6.20 Å². The molecule has 3 rings (SSSR count). The number of rotatable bonds is 4. The second kappa shape index (κ2) is 10.6. The van der Waals surface area contributed by atoms with E-state index in [4.69, 9.17) is 0 Å². The number of anilines is 1. The van der Waals surface area contributed by atoms with E-state index in [0.29, 0.717) is 12.1 Å². The number of amides is 1. The van der Waals surface area contributed by atoms with Gasteiger partial charge in [-0.25, -0.2) is 4.98 Å². The van der Waals surface area contributed by atoms with Crippen LogP contribution in [0.15, 0.2) is 30.0 Å². The van der Waals surface area contributed by atoms with Gasteiger partial charge in [-0.15, -0.1) is 24.8 Å². The maximum Gasteiger partial charge on any atom is 0.253 e. The first-order valence-corrected chi connectivity index (χ1v) is 8.60.